The summed E-state index contributed by atoms with van der Waals surface area (Å²) < 4.78 is 5.15. The minimum Gasteiger partial charge on any atom is -0.466 e. The Balaban J connectivity index is 1.50. The molecule has 4 rings (SSSR count). The molecular formula is C21H22N4O2. The summed E-state index contributed by atoms with van der Waals surface area (Å²) in [6.45, 7) is 3.94. The molecule has 3 heterocycles. The van der Waals surface area contributed by atoms with Gasteiger partial charge in [0.05, 0.1) is 18.0 Å². The summed E-state index contributed by atoms with van der Waals surface area (Å²) in [5.41, 5.74) is 3.03. The van der Waals surface area contributed by atoms with Crippen LogP contribution in [0.4, 0.5) is 5.82 Å². The summed E-state index contributed by atoms with van der Waals surface area (Å²) >= 11 is 0. The van der Waals surface area contributed by atoms with Crippen LogP contribution in [0.25, 0.3) is 22.0 Å². The van der Waals surface area contributed by atoms with Crippen molar-refractivity contribution in [3.63, 3.8) is 0 Å². The third-order valence-corrected chi connectivity index (χ3v) is 5.01. The van der Waals surface area contributed by atoms with E-state index in [1.54, 1.807) is 0 Å². The van der Waals surface area contributed by atoms with Crippen molar-refractivity contribution in [3.8, 4) is 11.1 Å². The number of hydrogen-bond donors (Lipinski definition) is 0. The molecule has 138 valence electrons. The average Bonchev–Trinajstić information content (AvgIpc) is 2.74. The van der Waals surface area contributed by atoms with Gasteiger partial charge in [-0.1, -0.05) is 6.07 Å². The van der Waals surface area contributed by atoms with Gasteiger partial charge in [0.2, 0.25) is 0 Å². The number of nitrogens with zero attached hydrogens (tertiary/aromatic N) is 4. The van der Waals surface area contributed by atoms with Gasteiger partial charge in [-0.3, -0.25) is 4.79 Å². The molecule has 0 amide bonds. The van der Waals surface area contributed by atoms with Crippen molar-refractivity contribution in [2.75, 3.05) is 24.6 Å². The van der Waals surface area contributed by atoms with Gasteiger partial charge in [-0.2, -0.15) is 0 Å². The number of benzene rings is 1. The lowest BCUT2D eigenvalue weighted by Crippen LogP contribution is -2.37. The van der Waals surface area contributed by atoms with Crippen LogP contribution in [-0.2, 0) is 9.53 Å². The van der Waals surface area contributed by atoms with Crippen molar-refractivity contribution in [2.45, 2.75) is 19.8 Å². The van der Waals surface area contributed by atoms with Crippen molar-refractivity contribution >= 4 is 22.7 Å². The summed E-state index contributed by atoms with van der Waals surface area (Å²) in [6, 6.07) is 10.3. The van der Waals surface area contributed by atoms with E-state index in [-0.39, 0.29) is 11.9 Å². The van der Waals surface area contributed by atoms with Crippen LogP contribution in [-0.4, -0.2) is 40.6 Å². The molecule has 0 spiro atoms. The Kier molecular flexibility index (Phi) is 4.96. The number of fused-ring (bicyclic) bond motifs is 1. The first kappa shape index (κ1) is 17.4. The average molecular weight is 362 g/mol. The maximum Gasteiger partial charge on any atom is 0.309 e. The fourth-order valence-electron chi connectivity index (χ4n) is 3.52. The highest BCUT2D eigenvalue weighted by Gasteiger charge is 2.26. The van der Waals surface area contributed by atoms with E-state index in [4.69, 9.17) is 9.72 Å². The fraction of sp³-hybridized carbons (Fsp3) is 0.333. The van der Waals surface area contributed by atoms with Gasteiger partial charge in [0.25, 0.3) is 0 Å². The molecule has 3 aromatic rings. The Hall–Kier alpha value is -3.02. The Morgan fingerprint density at radius 2 is 1.89 bits per heavy atom. The van der Waals surface area contributed by atoms with Crippen LogP contribution in [0.1, 0.15) is 19.8 Å². The van der Waals surface area contributed by atoms with E-state index >= 15 is 0 Å². The van der Waals surface area contributed by atoms with E-state index in [1.165, 1.54) is 6.33 Å². The standard InChI is InChI=1S/C21H22N4O2/c1-2-27-21(26)15-7-9-25(10-8-15)20-6-4-17-11-16(3-5-19(17)24-20)18-12-22-14-23-13-18/h3-6,11-15H,2,7-10H2,1H3. The first-order chi connectivity index (χ1) is 13.2. The number of piperidine rings is 1. The molecule has 0 radical (unpaired) electrons. The highest BCUT2D eigenvalue weighted by Crippen LogP contribution is 2.27. The maximum absolute atomic E-state index is 11.9. The van der Waals surface area contributed by atoms with Crippen LogP contribution >= 0.6 is 0 Å². The van der Waals surface area contributed by atoms with Crippen molar-refractivity contribution in [1.82, 2.24) is 15.0 Å². The lowest BCUT2D eigenvalue weighted by Gasteiger charge is -2.31. The zero-order valence-corrected chi connectivity index (χ0v) is 15.3. The topological polar surface area (TPSA) is 68.2 Å². The normalized spacial score (nSPS) is 15.1. The second-order valence-electron chi connectivity index (χ2n) is 6.72. The van der Waals surface area contributed by atoms with E-state index < -0.39 is 0 Å². The van der Waals surface area contributed by atoms with Gasteiger partial charge in [-0.05, 0) is 49.6 Å². The number of aromatic nitrogens is 3. The predicted octanol–water partition coefficient (Wildman–Crippen LogP) is 3.47. The largest absolute Gasteiger partial charge is 0.466 e. The monoisotopic (exact) mass is 362 g/mol. The van der Waals surface area contributed by atoms with Crippen molar-refractivity contribution in [1.29, 1.82) is 0 Å². The molecule has 1 aliphatic heterocycles. The molecule has 0 atom stereocenters. The zero-order valence-electron chi connectivity index (χ0n) is 15.3. The van der Waals surface area contributed by atoms with Crippen LogP contribution in [0.15, 0.2) is 49.1 Å². The molecule has 0 saturated carbocycles. The molecule has 6 heteroatoms. The Morgan fingerprint density at radius 3 is 2.63 bits per heavy atom. The van der Waals surface area contributed by atoms with Crippen molar-refractivity contribution in [3.05, 3.63) is 49.1 Å². The van der Waals surface area contributed by atoms with E-state index in [1.807, 2.05) is 31.5 Å². The predicted molar refractivity (Wildman–Crippen MR) is 104 cm³/mol. The molecular weight excluding hydrogens is 340 g/mol. The summed E-state index contributed by atoms with van der Waals surface area (Å²) in [5.74, 6) is 0.902. The Labute approximate surface area is 158 Å². The smallest absolute Gasteiger partial charge is 0.309 e. The molecule has 1 saturated heterocycles. The number of carbonyl (C=O) groups is 1. The second kappa shape index (κ2) is 7.70. The lowest BCUT2D eigenvalue weighted by atomic mass is 9.97. The van der Waals surface area contributed by atoms with Gasteiger partial charge >= 0.3 is 5.97 Å². The number of carbonyl (C=O) groups excluding carboxylic acids is 1. The van der Waals surface area contributed by atoms with E-state index in [9.17, 15) is 4.79 Å². The van der Waals surface area contributed by atoms with Gasteiger partial charge in [0.15, 0.2) is 0 Å². The summed E-state index contributed by atoms with van der Waals surface area (Å²) in [4.78, 5) is 27.1. The van der Waals surface area contributed by atoms with Gasteiger partial charge in [-0.25, -0.2) is 15.0 Å². The number of esters is 1. The van der Waals surface area contributed by atoms with Crippen LogP contribution in [0.3, 0.4) is 0 Å². The first-order valence-corrected chi connectivity index (χ1v) is 9.32. The molecule has 6 nitrogen and oxygen atoms in total. The summed E-state index contributed by atoms with van der Waals surface area (Å²) in [7, 11) is 0. The molecule has 1 aliphatic rings. The first-order valence-electron chi connectivity index (χ1n) is 9.32. The Bertz CT molecular complexity index is 937. The highest BCUT2D eigenvalue weighted by molar-refractivity contribution is 5.85. The summed E-state index contributed by atoms with van der Waals surface area (Å²) in [6.07, 6.45) is 6.77. The van der Waals surface area contributed by atoms with E-state index in [2.05, 4.69) is 33.1 Å². The van der Waals surface area contributed by atoms with Gasteiger partial charge in [-0.15, -0.1) is 0 Å². The molecule has 0 unspecified atom stereocenters. The second-order valence-corrected chi connectivity index (χ2v) is 6.72. The van der Waals surface area contributed by atoms with E-state index in [0.717, 1.165) is 53.8 Å². The maximum atomic E-state index is 11.9. The molecule has 1 aromatic carbocycles. The molecule has 0 N–H and O–H groups in total. The van der Waals surface area contributed by atoms with Crippen LogP contribution in [0.2, 0.25) is 0 Å². The van der Waals surface area contributed by atoms with Crippen molar-refractivity contribution in [2.24, 2.45) is 5.92 Å². The van der Waals surface area contributed by atoms with Crippen LogP contribution in [0, 0.1) is 5.92 Å². The molecule has 0 bridgehead atoms. The van der Waals surface area contributed by atoms with Gasteiger partial charge < -0.3 is 9.64 Å². The molecule has 27 heavy (non-hydrogen) atoms. The van der Waals surface area contributed by atoms with E-state index in [0.29, 0.717) is 6.61 Å². The minimum atomic E-state index is -0.0685. The number of hydrogen-bond acceptors (Lipinski definition) is 6. The van der Waals surface area contributed by atoms with Gasteiger partial charge in [0, 0.05) is 36.4 Å². The van der Waals surface area contributed by atoms with Crippen molar-refractivity contribution < 1.29 is 9.53 Å². The highest BCUT2D eigenvalue weighted by atomic mass is 16.5. The third-order valence-electron chi connectivity index (χ3n) is 5.01. The molecule has 2 aromatic heterocycles. The SMILES string of the molecule is CCOC(=O)C1CCN(c2ccc3cc(-c4cncnc4)ccc3n2)CC1. The molecule has 1 fully saturated rings. The number of ether oxygens (including phenoxy) is 1. The van der Waals surface area contributed by atoms with Crippen LogP contribution in [0.5, 0.6) is 0 Å². The zero-order chi connectivity index (χ0) is 18.6. The summed E-state index contributed by atoms with van der Waals surface area (Å²) in [5, 5.41) is 1.08. The van der Waals surface area contributed by atoms with Crippen LogP contribution < -0.4 is 4.90 Å². The fourth-order valence-corrected chi connectivity index (χ4v) is 3.52. The minimum absolute atomic E-state index is 0.0114. The number of rotatable bonds is 4. The number of anilines is 1. The number of pyridine rings is 1. The Morgan fingerprint density at radius 1 is 1.11 bits per heavy atom. The quantitative estimate of drug-likeness (QED) is 0.662. The molecule has 0 aliphatic carbocycles. The van der Waals surface area contributed by atoms with Gasteiger partial charge in [0.1, 0.15) is 12.1 Å². The lowest BCUT2D eigenvalue weighted by molar-refractivity contribution is -0.148. The third kappa shape index (κ3) is 3.74.